The molecule has 1 aliphatic heterocycles. The van der Waals surface area contributed by atoms with Crippen molar-refractivity contribution in [2.45, 2.75) is 39.7 Å². The molecular formula is C25H29N5O3. The standard InChI is InChI=1S/C25H29N5O3/c1-4-32-22-13-18-19(14-23(22)33-5-2)26-15-27-24(18)29-10-8-17(9-11-29)30-21-7-6-16(3)12-20(21)28-25(30)31/h6-7,12-15,17H,4-5,8-11H2,1-3H3,(H,28,31). The summed E-state index contributed by atoms with van der Waals surface area (Å²) in [6.45, 7) is 8.67. The molecule has 0 spiro atoms. The molecule has 0 aliphatic carbocycles. The molecule has 1 aliphatic rings. The number of H-pyrrole nitrogens is 1. The van der Waals surface area contributed by atoms with Gasteiger partial charge in [0.2, 0.25) is 0 Å². The van der Waals surface area contributed by atoms with Crippen LogP contribution in [0.2, 0.25) is 0 Å². The highest BCUT2D eigenvalue weighted by Gasteiger charge is 2.26. The summed E-state index contributed by atoms with van der Waals surface area (Å²) in [5, 5.41) is 0.947. The van der Waals surface area contributed by atoms with E-state index < -0.39 is 0 Å². The lowest BCUT2D eigenvalue weighted by atomic mass is 10.0. The number of nitrogens with zero attached hydrogens (tertiary/aromatic N) is 4. The van der Waals surface area contributed by atoms with E-state index >= 15 is 0 Å². The molecule has 8 heteroatoms. The summed E-state index contributed by atoms with van der Waals surface area (Å²) in [7, 11) is 0. The summed E-state index contributed by atoms with van der Waals surface area (Å²) in [5.41, 5.74) is 3.81. The predicted octanol–water partition coefficient (Wildman–Crippen LogP) is 4.22. The largest absolute Gasteiger partial charge is 0.490 e. The van der Waals surface area contributed by atoms with Gasteiger partial charge in [-0.2, -0.15) is 0 Å². The van der Waals surface area contributed by atoms with Crippen molar-refractivity contribution in [3.8, 4) is 11.5 Å². The third kappa shape index (κ3) is 3.90. The summed E-state index contributed by atoms with van der Waals surface area (Å²) in [5.74, 6) is 2.30. The molecule has 0 atom stereocenters. The quantitative estimate of drug-likeness (QED) is 0.476. The molecule has 0 unspecified atom stereocenters. The Kier molecular flexibility index (Phi) is 5.66. The summed E-state index contributed by atoms with van der Waals surface area (Å²) in [6.07, 6.45) is 3.33. The van der Waals surface area contributed by atoms with Gasteiger partial charge in [0.15, 0.2) is 11.5 Å². The maximum Gasteiger partial charge on any atom is 0.326 e. The molecule has 8 nitrogen and oxygen atoms in total. The number of fused-ring (bicyclic) bond motifs is 2. The van der Waals surface area contributed by atoms with Crippen LogP contribution in [0.4, 0.5) is 5.82 Å². The first-order valence-electron chi connectivity index (χ1n) is 11.6. The van der Waals surface area contributed by atoms with Gasteiger partial charge in [0.1, 0.15) is 12.1 Å². The molecule has 2 aromatic carbocycles. The lowest BCUT2D eigenvalue weighted by Crippen LogP contribution is -2.37. The number of nitrogens with one attached hydrogen (secondary N) is 1. The Hall–Kier alpha value is -3.55. The molecule has 33 heavy (non-hydrogen) atoms. The maximum atomic E-state index is 12.7. The lowest BCUT2D eigenvalue weighted by molar-refractivity contribution is 0.288. The fourth-order valence-electron chi connectivity index (χ4n) is 4.78. The molecule has 4 aromatic rings. The monoisotopic (exact) mass is 447 g/mol. The number of piperidine rings is 1. The van der Waals surface area contributed by atoms with Gasteiger partial charge in [0, 0.05) is 30.6 Å². The first kappa shape index (κ1) is 21.3. The van der Waals surface area contributed by atoms with Gasteiger partial charge in [0.05, 0.1) is 29.8 Å². The maximum absolute atomic E-state index is 12.7. The summed E-state index contributed by atoms with van der Waals surface area (Å²) in [6, 6.07) is 10.2. The zero-order valence-electron chi connectivity index (χ0n) is 19.3. The second-order valence-electron chi connectivity index (χ2n) is 8.42. The molecule has 0 saturated carbocycles. The molecule has 5 rings (SSSR count). The Morgan fingerprint density at radius 1 is 1.03 bits per heavy atom. The fraction of sp³-hybridized carbons (Fsp3) is 0.400. The van der Waals surface area contributed by atoms with E-state index in [4.69, 9.17) is 9.47 Å². The Morgan fingerprint density at radius 3 is 2.48 bits per heavy atom. The van der Waals surface area contributed by atoms with Crippen LogP contribution in [0.25, 0.3) is 21.9 Å². The number of benzene rings is 2. The first-order chi connectivity index (χ1) is 16.1. The third-order valence-corrected chi connectivity index (χ3v) is 6.28. The number of imidazole rings is 1. The number of aromatic nitrogens is 4. The van der Waals surface area contributed by atoms with Gasteiger partial charge >= 0.3 is 5.69 Å². The zero-order valence-corrected chi connectivity index (χ0v) is 19.3. The number of aromatic amines is 1. The van der Waals surface area contributed by atoms with Crippen molar-refractivity contribution < 1.29 is 9.47 Å². The van der Waals surface area contributed by atoms with Gasteiger partial charge < -0.3 is 19.4 Å². The number of anilines is 1. The van der Waals surface area contributed by atoms with Crippen molar-refractivity contribution in [1.29, 1.82) is 0 Å². The first-order valence-corrected chi connectivity index (χ1v) is 11.6. The topological polar surface area (TPSA) is 85.3 Å². The van der Waals surface area contributed by atoms with E-state index in [2.05, 4.69) is 25.9 Å². The van der Waals surface area contributed by atoms with E-state index in [0.29, 0.717) is 24.7 Å². The van der Waals surface area contributed by atoms with E-state index in [1.54, 1.807) is 6.33 Å². The highest BCUT2D eigenvalue weighted by molar-refractivity contribution is 5.92. The molecule has 1 saturated heterocycles. The van der Waals surface area contributed by atoms with Crippen LogP contribution in [-0.4, -0.2) is 45.8 Å². The van der Waals surface area contributed by atoms with Crippen LogP contribution in [-0.2, 0) is 0 Å². The van der Waals surface area contributed by atoms with Crippen LogP contribution in [0.15, 0.2) is 41.5 Å². The van der Waals surface area contributed by atoms with E-state index in [9.17, 15) is 4.79 Å². The average molecular weight is 448 g/mol. The Bertz CT molecular complexity index is 1350. The van der Waals surface area contributed by atoms with Gasteiger partial charge in [-0.25, -0.2) is 14.8 Å². The van der Waals surface area contributed by atoms with Crippen molar-refractivity contribution >= 4 is 27.8 Å². The summed E-state index contributed by atoms with van der Waals surface area (Å²) >= 11 is 0. The molecule has 0 amide bonds. The molecule has 1 fully saturated rings. The average Bonchev–Trinajstić information content (AvgIpc) is 3.14. The number of aryl methyl sites for hydroxylation is 1. The lowest BCUT2D eigenvalue weighted by Gasteiger charge is -2.33. The van der Waals surface area contributed by atoms with Crippen LogP contribution in [0.3, 0.4) is 0 Å². The Balaban J connectivity index is 1.43. The number of hydrogen-bond acceptors (Lipinski definition) is 6. The van der Waals surface area contributed by atoms with E-state index in [-0.39, 0.29) is 11.7 Å². The number of hydrogen-bond donors (Lipinski definition) is 1. The van der Waals surface area contributed by atoms with Crippen LogP contribution < -0.4 is 20.1 Å². The predicted molar refractivity (Wildman–Crippen MR) is 130 cm³/mol. The minimum atomic E-state index is -0.0358. The normalized spacial score (nSPS) is 14.8. The van der Waals surface area contributed by atoms with Gasteiger partial charge in [-0.3, -0.25) is 4.57 Å². The van der Waals surface area contributed by atoms with Gasteiger partial charge in [-0.15, -0.1) is 0 Å². The second kappa shape index (κ2) is 8.77. The van der Waals surface area contributed by atoms with Crippen LogP contribution in [0.1, 0.15) is 38.3 Å². The van der Waals surface area contributed by atoms with E-state index in [1.807, 2.05) is 49.6 Å². The minimum absolute atomic E-state index is 0.0358. The molecule has 0 bridgehead atoms. The summed E-state index contributed by atoms with van der Waals surface area (Å²) in [4.78, 5) is 27.1. The van der Waals surface area contributed by atoms with E-state index in [0.717, 1.165) is 59.2 Å². The molecular weight excluding hydrogens is 418 g/mol. The number of ether oxygens (including phenoxy) is 2. The van der Waals surface area contributed by atoms with Gasteiger partial charge in [-0.1, -0.05) is 6.07 Å². The highest BCUT2D eigenvalue weighted by atomic mass is 16.5. The Morgan fingerprint density at radius 2 is 1.76 bits per heavy atom. The van der Waals surface area contributed by atoms with Crippen molar-refractivity contribution in [2.75, 3.05) is 31.2 Å². The van der Waals surface area contributed by atoms with E-state index in [1.165, 1.54) is 0 Å². The molecule has 2 aromatic heterocycles. The molecule has 172 valence electrons. The van der Waals surface area contributed by atoms with Gasteiger partial charge in [0.25, 0.3) is 0 Å². The molecule has 3 heterocycles. The highest BCUT2D eigenvalue weighted by Crippen LogP contribution is 2.36. The van der Waals surface area contributed by atoms with Crippen molar-refractivity contribution in [3.63, 3.8) is 0 Å². The van der Waals surface area contributed by atoms with Crippen LogP contribution >= 0.6 is 0 Å². The second-order valence-corrected chi connectivity index (χ2v) is 8.42. The summed E-state index contributed by atoms with van der Waals surface area (Å²) < 4.78 is 13.5. The molecule has 0 radical (unpaired) electrons. The molecule has 1 N–H and O–H groups in total. The van der Waals surface area contributed by atoms with Crippen LogP contribution in [0, 0.1) is 6.92 Å². The van der Waals surface area contributed by atoms with Crippen molar-refractivity contribution in [2.24, 2.45) is 0 Å². The number of rotatable bonds is 6. The van der Waals surface area contributed by atoms with Crippen LogP contribution in [0.5, 0.6) is 11.5 Å². The van der Waals surface area contributed by atoms with Crippen molar-refractivity contribution in [1.82, 2.24) is 19.5 Å². The zero-order chi connectivity index (χ0) is 22.9. The minimum Gasteiger partial charge on any atom is -0.490 e. The van der Waals surface area contributed by atoms with Crippen molar-refractivity contribution in [3.05, 3.63) is 52.7 Å². The third-order valence-electron chi connectivity index (χ3n) is 6.28. The smallest absolute Gasteiger partial charge is 0.326 e. The van der Waals surface area contributed by atoms with Gasteiger partial charge in [-0.05, 0) is 57.4 Å². The SMILES string of the molecule is CCOc1cc2ncnc(N3CCC(n4c(=O)[nH]c5cc(C)ccc54)CC3)c2cc1OCC. The fourth-order valence-corrected chi connectivity index (χ4v) is 4.78. The Labute approximate surface area is 192 Å².